The van der Waals surface area contributed by atoms with Gasteiger partial charge in [0.2, 0.25) is 0 Å². The smallest absolute Gasteiger partial charge is 0.321 e. The van der Waals surface area contributed by atoms with Crippen molar-refractivity contribution in [2.45, 2.75) is 19.1 Å². The van der Waals surface area contributed by atoms with Gasteiger partial charge in [0.1, 0.15) is 0 Å². The highest BCUT2D eigenvalue weighted by Crippen LogP contribution is 2.26. The Morgan fingerprint density at radius 3 is 2.50 bits per heavy atom. The van der Waals surface area contributed by atoms with Gasteiger partial charge in [-0.1, -0.05) is 37.0 Å². The van der Waals surface area contributed by atoms with Crippen LogP contribution in [0.3, 0.4) is 0 Å². The molecule has 0 unspecified atom stereocenters. The van der Waals surface area contributed by atoms with Crippen LogP contribution in [0.1, 0.15) is 13.8 Å². The molecule has 0 saturated carbocycles. The molecule has 1 saturated heterocycles. The average molecular weight is 365 g/mol. The lowest BCUT2D eigenvalue weighted by molar-refractivity contribution is 0.182. The van der Waals surface area contributed by atoms with Crippen LogP contribution < -0.4 is 5.32 Å². The van der Waals surface area contributed by atoms with Crippen LogP contribution in [0, 0.1) is 5.92 Å². The molecule has 8 heteroatoms. The van der Waals surface area contributed by atoms with E-state index < -0.39 is 15.1 Å². The minimum Gasteiger partial charge on any atom is -0.322 e. The summed E-state index contributed by atoms with van der Waals surface area (Å²) in [7, 11) is -3.13. The number of carbonyl (C=O) groups excluding carboxylic acids is 1. The number of amides is 2. The minimum atomic E-state index is -3.13. The van der Waals surface area contributed by atoms with Gasteiger partial charge in [-0.25, -0.2) is 13.2 Å². The molecule has 22 heavy (non-hydrogen) atoms. The number of anilines is 1. The van der Waals surface area contributed by atoms with Crippen molar-refractivity contribution < 1.29 is 13.2 Å². The van der Waals surface area contributed by atoms with E-state index in [0.717, 1.165) is 0 Å². The van der Waals surface area contributed by atoms with Crippen molar-refractivity contribution >= 4 is 44.8 Å². The normalized spacial score (nSPS) is 15.8. The van der Waals surface area contributed by atoms with Crippen molar-refractivity contribution in [3.63, 3.8) is 0 Å². The highest BCUT2D eigenvalue weighted by atomic mass is 35.5. The molecule has 2 rings (SSSR count). The Morgan fingerprint density at radius 1 is 1.32 bits per heavy atom. The zero-order valence-corrected chi connectivity index (χ0v) is 14.7. The van der Waals surface area contributed by atoms with Gasteiger partial charge in [-0.3, -0.25) is 0 Å². The average Bonchev–Trinajstić information content (AvgIpc) is 2.29. The minimum absolute atomic E-state index is 0.0871. The number of nitrogens with zero attached hydrogens (tertiary/aromatic N) is 1. The fourth-order valence-electron chi connectivity index (χ4n) is 2.21. The predicted octanol–water partition coefficient (Wildman–Crippen LogP) is 3.28. The molecule has 122 valence electrons. The molecule has 0 aliphatic carbocycles. The van der Waals surface area contributed by atoms with Crippen LogP contribution in [-0.2, 0) is 9.84 Å². The van der Waals surface area contributed by atoms with Gasteiger partial charge in [-0.05, 0) is 24.1 Å². The fourth-order valence-corrected chi connectivity index (χ4v) is 4.52. The SMILES string of the molecule is CC(C)CS(=O)(=O)C1CN(C(=O)Nc2ccc(Cl)c(Cl)c2)C1. The van der Waals surface area contributed by atoms with E-state index in [1.54, 1.807) is 18.2 Å². The molecule has 1 fully saturated rings. The fraction of sp³-hybridized carbons (Fsp3) is 0.500. The molecule has 0 bridgehead atoms. The maximum atomic E-state index is 12.0. The van der Waals surface area contributed by atoms with Gasteiger partial charge >= 0.3 is 6.03 Å². The van der Waals surface area contributed by atoms with Gasteiger partial charge in [0.05, 0.1) is 21.0 Å². The Kier molecular flexibility index (Phi) is 5.25. The largest absolute Gasteiger partial charge is 0.322 e. The quantitative estimate of drug-likeness (QED) is 0.891. The summed E-state index contributed by atoms with van der Waals surface area (Å²) in [5, 5.41) is 2.96. The number of likely N-dealkylation sites (tertiary alicyclic amines) is 1. The van der Waals surface area contributed by atoms with Crippen LogP contribution in [0.15, 0.2) is 18.2 Å². The third kappa shape index (κ3) is 4.06. The Labute approximate surface area is 140 Å². The van der Waals surface area contributed by atoms with Crippen molar-refractivity contribution in [3.8, 4) is 0 Å². The Balaban J connectivity index is 1.90. The summed E-state index contributed by atoms with van der Waals surface area (Å²) in [5.74, 6) is 0.240. The zero-order chi connectivity index (χ0) is 16.5. The van der Waals surface area contributed by atoms with Crippen LogP contribution in [0.2, 0.25) is 10.0 Å². The molecule has 1 aromatic carbocycles. The number of hydrogen-bond acceptors (Lipinski definition) is 3. The summed E-state index contributed by atoms with van der Waals surface area (Å²) in [6.45, 7) is 4.18. The van der Waals surface area contributed by atoms with Gasteiger partial charge in [0.15, 0.2) is 9.84 Å². The number of nitrogens with one attached hydrogen (secondary N) is 1. The second kappa shape index (κ2) is 6.64. The number of hydrogen-bond donors (Lipinski definition) is 1. The van der Waals surface area contributed by atoms with E-state index in [1.807, 2.05) is 13.8 Å². The zero-order valence-electron chi connectivity index (χ0n) is 12.3. The first-order valence-electron chi connectivity index (χ1n) is 6.91. The van der Waals surface area contributed by atoms with Crippen LogP contribution >= 0.6 is 23.2 Å². The van der Waals surface area contributed by atoms with Crippen LogP contribution in [-0.4, -0.2) is 43.4 Å². The molecule has 5 nitrogen and oxygen atoms in total. The predicted molar refractivity (Wildman–Crippen MR) is 89.5 cm³/mol. The number of halogens is 2. The van der Waals surface area contributed by atoms with Gasteiger partial charge < -0.3 is 10.2 Å². The second-order valence-electron chi connectivity index (χ2n) is 5.81. The molecule has 0 atom stereocenters. The molecule has 0 spiro atoms. The molecule has 0 aromatic heterocycles. The van der Waals surface area contributed by atoms with Crippen LogP contribution in [0.25, 0.3) is 0 Å². The summed E-state index contributed by atoms with van der Waals surface area (Å²) in [5.41, 5.74) is 0.521. The summed E-state index contributed by atoms with van der Waals surface area (Å²) >= 11 is 11.7. The summed E-state index contributed by atoms with van der Waals surface area (Å²) in [4.78, 5) is 13.5. The highest BCUT2D eigenvalue weighted by Gasteiger charge is 2.39. The number of benzene rings is 1. The van der Waals surface area contributed by atoms with E-state index in [9.17, 15) is 13.2 Å². The maximum Gasteiger partial charge on any atom is 0.321 e. The van der Waals surface area contributed by atoms with E-state index in [4.69, 9.17) is 23.2 Å². The highest BCUT2D eigenvalue weighted by molar-refractivity contribution is 7.92. The van der Waals surface area contributed by atoms with E-state index in [2.05, 4.69) is 5.32 Å². The van der Waals surface area contributed by atoms with Gasteiger partial charge in [-0.15, -0.1) is 0 Å². The van der Waals surface area contributed by atoms with Crippen LogP contribution in [0.4, 0.5) is 10.5 Å². The van der Waals surface area contributed by atoms with Crippen molar-refractivity contribution in [3.05, 3.63) is 28.2 Å². The summed E-state index contributed by atoms with van der Waals surface area (Å²) in [6, 6.07) is 4.44. The van der Waals surface area contributed by atoms with Crippen molar-refractivity contribution in [1.82, 2.24) is 4.90 Å². The van der Waals surface area contributed by atoms with E-state index in [0.29, 0.717) is 15.7 Å². The van der Waals surface area contributed by atoms with Crippen LogP contribution in [0.5, 0.6) is 0 Å². The van der Waals surface area contributed by atoms with Gasteiger partial charge in [0, 0.05) is 18.8 Å². The lowest BCUT2D eigenvalue weighted by atomic mass is 10.2. The number of urea groups is 1. The molecule has 1 aliphatic rings. The maximum absolute atomic E-state index is 12.0. The second-order valence-corrected chi connectivity index (χ2v) is 8.95. The van der Waals surface area contributed by atoms with Crippen molar-refractivity contribution in [2.24, 2.45) is 5.92 Å². The lowest BCUT2D eigenvalue weighted by Crippen LogP contribution is -2.58. The summed E-state index contributed by atoms with van der Waals surface area (Å²) < 4.78 is 24.1. The lowest BCUT2D eigenvalue weighted by Gasteiger charge is -2.38. The molecular weight excluding hydrogens is 347 g/mol. The Morgan fingerprint density at radius 2 is 1.95 bits per heavy atom. The Bertz CT molecular complexity index is 671. The molecule has 2 amide bonds. The standard InChI is InChI=1S/C14H18Cl2N2O3S/c1-9(2)8-22(20,21)11-6-18(7-11)14(19)17-10-3-4-12(15)13(16)5-10/h3-5,9,11H,6-8H2,1-2H3,(H,17,19). The topological polar surface area (TPSA) is 66.5 Å². The van der Waals surface area contributed by atoms with E-state index in [-0.39, 0.29) is 30.8 Å². The number of carbonyl (C=O) groups is 1. The molecule has 1 aliphatic heterocycles. The molecule has 0 radical (unpaired) electrons. The first-order chi connectivity index (χ1) is 10.2. The first kappa shape index (κ1) is 17.4. The first-order valence-corrected chi connectivity index (χ1v) is 9.38. The van der Waals surface area contributed by atoms with Crippen molar-refractivity contribution in [2.75, 3.05) is 24.2 Å². The number of sulfone groups is 1. The molecule has 1 N–H and O–H groups in total. The van der Waals surface area contributed by atoms with E-state index in [1.165, 1.54) is 4.90 Å². The molecule has 1 heterocycles. The summed E-state index contributed by atoms with van der Waals surface area (Å²) in [6.07, 6.45) is 0. The molecule has 1 aromatic rings. The van der Waals surface area contributed by atoms with E-state index >= 15 is 0 Å². The molecular formula is C14H18Cl2N2O3S. The third-order valence-electron chi connectivity index (χ3n) is 3.38. The third-order valence-corrected chi connectivity index (χ3v) is 6.56. The van der Waals surface area contributed by atoms with Gasteiger partial charge in [-0.2, -0.15) is 0 Å². The Hall–Kier alpha value is -0.980. The monoisotopic (exact) mass is 364 g/mol. The van der Waals surface area contributed by atoms with Crippen molar-refractivity contribution in [1.29, 1.82) is 0 Å². The number of rotatable bonds is 4. The van der Waals surface area contributed by atoms with Gasteiger partial charge in [0.25, 0.3) is 0 Å².